The first-order valence-electron chi connectivity index (χ1n) is 12.1. The smallest absolute Gasteiger partial charge is 0.309 e. The van der Waals surface area contributed by atoms with E-state index in [0.717, 1.165) is 0 Å². The molecule has 1 aromatic heterocycles. The molecule has 0 N–H and O–H groups in total. The first-order valence-corrected chi connectivity index (χ1v) is 13.3. The third kappa shape index (κ3) is 5.66. The van der Waals surface area contributed by atoms with Crippen LogP contribution in [0.15, 0.2) is 9.70 Å². The third-order valence-corrected chi connectivity index (χ3v) is 7.75. The van der Waals surface area contributed by atoms with Gasteiger partial charge < -0.3 is 14.4 Å². The first kappa shape index (κ1) is 27.9. The van der Waals surface area contributed by atoms with Crippen LogP contribution in [0.1, 0.15) is 49.8 Å². The average Bonchev–Trinajstić information content (AvgIpc) is 3.13. The van der Waals surface area contributed by atoms with E-state index in [1.807, 2.05) is 6.92 Å². The molecule has 0 aliphatic carbocycles. The van der Waals surface area contributed by atoms with Gasteiger partial charge in [0.05, 0.1) is 30.6 Å². The predicted octanol–water partition coefficient (Wildman–Crippen LogP) is 3.07. The fourth-order valence-corrected chi connectivity index (χ4v) is 5.80. The molecule has 1 aromatic rings. The van der Waals surface area contributed by atoms with Gasteiger partial charge in [-0.25, -0.2) is 0 Å². The Morgan fingerprint density at radius 1 is 1.25 bits per heavy atom. The highest BCUT2D eigenvalue weighted by atomic mass is 32.2. The largest absolute Gasteiger partial charge is 0.466 e. The number of thioether (sulfide) groups is 1. The van der Waals surface area contributed by atoms with Crippen LogP contribution in [-0.2, 0) is 25.6 Å². The zero-order valence-electron chi connectivity index (χ0n) is 21.2. The van der Waals surface area contributed by atoms with Gasteiger partial charge in [-0.2, -0.15) is 5.26 Å². The van der Waals surface area contributed by atoms with E-state index in [-0.39, 0.29) is 28.9 Å². The number of methoxy groups -OCH3 is 1. The third-order valence-electron chi connectivity index (χ3n) is 6.38. The predicted molar refractivity (Wildman–Crippen MR) is 144 cm³/mol. The molecule has 2 aliphatic rings. The zero-order chi connectivity index (χ0) is 26.4. The summed E-state index contributed by atoms with van der Waals surface area (Å²) in [6, 6.07) is 2.06. The summed E-state index contributed by atoms with van der Waals surface area (Å²) in [4.78, 5) is 42.7. The Morgan fingerprint density at radius 2 is 1.94 bits per heavy atom. The number of rotatable bonds is 9. The number of pyridine rings is 1. The topological polar surface area (TPSA) is 105 Å². The Kier molecular flexibility index (Phi) is 9.70. The fourth-order valence-electron chi connectivity index (χ4n) is 4.51. The van der Waals surface area contributed by atoms with Gasteiger partial charge in [0.15, 0.2) is 0 Å². The summed E-state index contributed by atoms with van der Waals surface area (Å²) < 4.78 is 12.4. The van der Waals surface area contributed by atoms with E-state index in [4.69, 9.17) is 21.7 Å². The van der Waals surface area contributed by atoms with Gasteiger partial charge >= 0.3 is 5.97 Å². The van der Waals surface area contributed by atoms with Gasteiger partial charge in [-0.15, -0.1) is 0 Å². The van der Waals surface area contributed by atoms with Crippen molar-refractivity contribution in [1.82, 2.24) is 9.47 Å². The van der Waals surface area contributed by atoms with Crippen molar-refractivity contribution in [2.24, 2.45) is 5.92 Å². The molecule has 0 radical (unpaired) electrons. The van der Waals surface area contributed by atoms with E-state index >= 15 is 0 Å². The number of amides is 1. The lowest BCUT2D eigenvalue weighted by atomic mass is 9.95. The Labute approximate surface area is 221 Å². The summed E-state index contributed by atoms with van der Waals surface area (Å²) >= 11 is 6.62. The molecule has 2 aliphatic heterocycles. The maximum Gasteiger partial charge on any atom is 0.309 e. The number of aromatic nitrogens is 1. The van der Waals surface area contributed by atoms with Crippen molar-refractivity contribution in [2.45, 2.75) is 46.6 Å². The van der Waals surface area contributed by atoms with Crippen LogP contribution >= 0.6 is 24.0 Å². The van der Waals surface area contributed by atoms with Crippen LogP contribution in [0.5, 0.6) is 0 Å². The molecule has 0 saturated carbocycles. The van der Waals surface area contributed by atoms with Crippen LogP contribution in [-0.4, -0.2) is 65.6 Å². The number of nitrogens with zero attached hydrogens (tertiary/aromatic N) is 4. The molecule has 36 heavy (non-hydrogen) atoms. The van der Waals surface area contributed by atoms with E-state index in [2.05, 4.69) is 11.0 Å². The van der Waals surface area contributed by atoms with Crippen molar-refractivity contribution in [3.63, 3.8) is 0 Å². The van der Waals surface area contributed by atoms with E-state index in [1.165, 1.54) is 16.7 Å². The number of esters is 1. The van der Waals surface area contributed by atoms with Crippen molar-refractivity contribution in [3.8, 4) is 6.07 Å². The summed E-state index contributed by atoms with van der Waals surface area (Å²) in [7, 11) is 1.56. The van der Waals surface area contributed by atoms with E-state index in [0.29, 0.717) is 84.8 Å². The number of piperidine rings is 1. The molecule has 0 aromatic carbocycles. The summed E-state index contributed by atoms with van der Waals surface area (Å²) in [5, 5.41) is 9.79. The summed E-state index contributed by atoms with van der Waals surface area (Å²) in [5.41, 5.74) is 0.903. The van der Waals surface area contributed by atoms with Crippen molar-refractivity contribution < 1.29 is 19.1 Å². The van der Waals surface area contributed by atoms with Gasteiger partial charge in [0.1, 0.15) is 21.8 Å². The summed E-state index contributed by atoms with van der Waals surface area (Å²) in [5.74, 6) is 0.0644. The maximum absolute atomic E-state index is 13.3. The Balaban J connectivity index is 2.10. The van der Waals surface area contributed by atoms with Crippen LogP contribution in [0.25, 0.3) is 6.08 Å². The van der Waals surface area contributed by atoms with Crippen molar-refractivity contribution in [2.75, 3.05) is 44.9 Å². The number of carbonyl (C=O) groups excluding carboxylic acids is 2. The first-order chi connectivity index (χ1) is 17.3. The molecule has 0 atom stereocenters. The number of ether oxygens (including phenoxy) is 2. The molecule has 0 unspecified atom stereocenters. The van der Waals surface area contributed by atoms with Crippen LogP contribution in [0, 0.1) is 24.2 Å². The van der Waals surface area contributed by atoms with Gasteiger partial charge in [0.2, 0.25) is 0 Å². The lowest BCUT2D eigenvalue weighted by Crippen LogP contribution is -2.41. The molecule has 9 nitrogen and oxygen atoms in total. The molecule has 11 heteroatoms. The van der Waals surface area contributed by atoms with Crippen molar-refractivity contribution in [3.05, 3.63) is 31.9 Å². The zero-order valence-corrected chi connectivity index (χ0v) is 22.8. The Hall–Kier alpha value is -2.68. The van der Waals surface area contributed by atoms with Crippen LogP contribution in [0.2, 0.25) is 0 Å². The molecule has 194 valence electrons. The van der Waals surface area contributed by atoms with Gasteiger partial charge in [0.25, 0.3) is 11.5 Å². The van der Waals surface area contributed by atoms with Gasteiger partial charge in [-0.3, -0.25) is 23.9 Å². The van der Waals surface area contributed by atoms with Gasteiger partial charge in [0, 0.05) is 32.3 Å². The highest BCUT2D eigenvalue weighted by Crippen LogP contribution is 2.36. The number of carbonyl (C=O) groups is 2. The van der Waals surface area contributed by atoms with Crippen LogP contribution < -0.4 is 10.5 Å². The lowest BCUT2D eigenvalue weighted by Gasteiger charge is -2.35. The van der Waals surface area contributed by atoms with Gasteiger partial charge in [-0.05, 0) is 44.7 Å². The van der Waals surface area contributed by atoms with Gasteiger partial charge in [-0.1, -0.05) is 30.9 Å². The minimum absolute atomic E-state index is 0.0646. The average molecular weight is 533 g/mol. The number of hydrogen-bond donors (Lipinski definition) is 0. The van der Waals surface area contributed by atoms with E-state index in [1.54, 1.807) is 31.6 Å². The van der Waals surface area contributed by atoms with E-state index < -0.39 is 0 Å². The van der Waals surface area contributed by atoms with Crippen LogP contribution in [0.4, 0.5) is 5.82 Å². The molecule has 0 spiro atoms. The minimum atomic E-state index is -0.343. The Bertz CT molecular complexity index is 1160. The second-order valence-electron chi connectivity index (χ2n) is 8.65. The summed E-state index contributed by atoms with van der Waals surface area (Å²) in [6.07, 6.45) is 3.63. The number of anilines is 1. The number of thiocarbonyl (C=S) groups is 1. The maximum atomic E-state index is 13.3. The van der Waals surface area contributed by atoms with Crippen molar-refractivity contribution in [1.29, 1.82) is 5.26 Å². The number of nitriles is 1. The lowest BCUT2D eigenvalue weighted by molar-refractivity contribution is -0.148. The normalized spacial score (nSPS) is 17.7. The highest BCUT2D eigenvalue weighted by Gasteiger charge is 2.34. The summed E-state index contributed by atoms with van der Waals surface area (Å²) in [6.45, 7) is 8.08. The quantitative estimate of drug-likeness (QED) is 0.270. The standard InChI is InChI=1S/C25H32N4O5S2/c1-5-9-28-21(27-10-7-17(8-11-27)24(32)34-6-2)18(16(3)19(15-26)22(28)30)14-20-23(31)29(12-13-33-4)25(35)36-20/h14,17H,5-13H2,1-4H3. The fraction of sp³-hybridized carbons (Fsp3) is 0.560. The van der Waals surface area contributed by atoms with Crippen molar-refractivity contribution >= 4 is 52.1 Å². The molecule has 3 heterocycles. The number of hydrogen-bond acceptors (Lipinski definition) is 9. The monoisotopic (exact) mass is 532 g/mol. The highest BCUT2D eigenvalue weighted by molar-refractivity contribution is 8.26. The molecule has 0 bridgehead atoms. The Morgan fingerprint density at radius 3 is 2.53 bits per heavy atom. The molecule has 3 rings (SSSR count). The second-order valence-corrected chi connectivity index (χ2v) is 10.3. The second kappa shape index (κ2) is 12.5. The molecular formula is C25H32N4O5S2. The van der Waals surface area contributed by atoms with E-state index in [9.17, 15) is 19.6 Å². The minimum Gasteiger partial charge on any atom is -0.466 e. The molecule has 1 amide bonds. The molecular weight excluding hydrogens is 500 g/mol. The molecule has 2 saturated heterocycles. The SMILES string of the molecule is CCCn1c(N2CCC(C(=O)OCC)CC2)c(C=C2SC(=S)N(CCOC)C2=O)c(C)c(C#N)c1=O. The van der Waals surface area contributed by atoms with Crippen LogP contribution in [0.3, 0.4) is 0 Å². The molecule has 2 fully saturated rings.